The second-order valence-electron chi connectivity index (χ2n) is 4.51. The number of Topliss-reactive ketones (excluding diaryl/α,β-unsaturated/α-hetero) is 1. The fraction of sp³-hybridized carbons (Fsp3) is 0.267. The van der Waals surface area contributed by atoms with E-state index in [1.54, 1.807) is 30.0 Å². The Bertz CT molecular complexity index is 602. The molecular formula is C15H13FOS. The first kappa shape index (κ1) is 11.7. The molecule has 2 aromatic rings. The van der Waals surface area contributed by atoms with E-state index in [1.807, 2.05) is 12.1 Å². The third-order valence-corrected chi connectivity index (χ3v) is 4.73. The van der Waals surface area contributed by atoms with Crippen LogP contribution >= 0.6 is 11.8 Å². The standard InChI is InChI=1S/C15H13FOS/c16-13-8-7-12(10-4-1-2-5-11(10)13)15(17)14-6-3-9-18-14/h1-2,4-5,7-8,14H,3,6,9H2. The lowest BCUT2D eigenvalue weighted by Gasteiger charge is -2.10. The summed E-state index contributed by atoms with van der Waals surface area (Å²) in [4.78, 5) is 12.4. The molecule has 1 aliphatic rings. The first-order valence-electron chi connectivity index (χ1n) is 6.10. The lowest BCUT2D eigenvalue weighted by molar-refractivity contribution is 0.0990. The van der Waals surface area contributed by atoms with Crippen LogP contribution in [0.3, 0.4) is 0 Å². The number of carbonyl (C=O) groups excluding carboxylic acids is 1. The lowest BCUT2D eigenvalue weighted by Crippen LogP contribution is -2.14. The molecule has 0 spiro atoms. The number of carbonyl (C=O) groups is 1. The molecule has 0 aromatic heterocycles. The Hall–Kier alpha value is -1.35. The molecule has 0 radical (unpaired) electrons. The van der Waals surface area contributed by atoms with E-state index in [1.165, 1.54) is 6.07 Å². The van der Waals surface area contributed by atoms with E-state index >= 15 is 0 Å². The SMILES string of the molecule is O=C(c1ccc(F)c2ccccc12)C1CCCS1. The van der Waals surface area contributed by atoms with Crippen molar-refractivity contribution in [3.63, 3.8) is 0 Å². The number of hydrogen-bond donors (Lipinski definition) is 0. The molecule has 0 aliphatic carbocycles. The van der Waals surface area contributed by atoms with Crippen LogP contribution in [0.15, 0.2) is 36.4 Å². The third-order valence-electron chi connectivity index (χ3n) is 3.36. The first-order chi connectivity index (χ1) is 8.77. The molecule has 1 saturated heterocycles. The summed E-state index contributed by atoms with van der Waals surface area (Å²) in [5, 5.41) is 1.32. The Kier molecular flexibility index (Phi) is 3.08. The van der Waals surface area contributed by atoms with Crippen LogP contribution in [0, 0.1) is 5.82 Å². The van der Waals surface area contributed by atoms with Crippen molar-refractivity contribution >= 4 is 28.3 Å². The van der Waals surface area contributed by atoms with Gasteiger partial charge in [-0.15, -0.1) is 0 Å². The third kappa shape index (κ3) is 1.93. The Labute approximate surface area is 109 Å². The maximum Gasteiger partial charge on any atom is 0.176 e. The second kappa shape index (κ2) is 4.73. The summed E-state index contributed by atoms with van der Waals surface area (Å²) in [7, 11) is 0. The highest BCUT2D eigenvalue weighted by Crippen LogP contribution is 2.31. The molecular weight excluding hydrogens is 247 g/mol. The van der Waals surface area contributed by atoms with Gasteiger partial charge in [0.2, 0.25) is 0 Å². The van der Waals surface area contributed by atoms with Gasteiger partial charge in [-0.25, -0.2) is 4.39 Å². The molecule has 1 heterocycles. The van der Waals surface area contributed by atoms with Crippen molar-refractivity contribution in [3.05, 3.63) is 47.8 Å². The maximum atomic E-state index is 13.7. The zero-order valence-corrected chi connectivity index (χ0v) is 10.7. The molecule has 1 unspecified atom stereocenters. The maximum absolute atomic E-state index is 13.7. The summed E-state index contributed by atoms with van der Waals surface area (Å²) >= 11 is 1.71. The van der Waals surface area contributed by atoms with Crippen LogP contribution in [0.1, 0.15) is 23.2 Å². The molecule has 3 heteroatoms. The van der Waals surface area contributed by atoms with Crippen LogP contribution in [0.4, 0.5) is 4.39 Å². The fourth-order valence-corrected chi connectivity index (χ4v) is 3.66. The molecule has 0 N–H and O–H groups in total. The molecule has 1 fully saturated rings. The van der Waals surface area contributed by atoms with Crippen LogP contribution < -0.4 is 0 Å². The van der Waals surface area contributed by atoms with E-state index in [0.717, 1.165) is 24.0 Å². The number of hydrogen-bond acceptors (Lipinski definition) is 2. The van der Waals surface area contributed by atoms with Gasteiger partial charge < -0.3 is 0 Å². The van der Waals surface area contributed by atoms with Crippen molar-refractivity contribution < 1.29 is 9.18 Å². The molecule has 0 bridgehead atoms. The summed E-state index contributed by atoms with van der Waals surface area (Å²) in [6.45, 7) is 0. The van der Waals surface area contributed by atoms with E-state index in [0.29, 0.717) is 10.9 Å². The van der Waals surface area contributed by atoms with Crippen molar-refractivity contribution in [3.8, 4) is 0 Å². The largest absolute Gasteiger partial charge is 0.293 e. The van der Waals surface area contributed by atoms with Gasteiger partial charge in [0.05, 0.1) is 5.25 Å². The van der Waals surface area contributed by atoms with Gasteiger partial charge in [-0.2, -0.15) is 11.8 Å². The van der Waals surface area contributed by atoms with Gasteiger partial charge in [0.1, 0.15) is 5.82 Å². The molecule has 1 aliphatic heterocycles. The van der Waals surface area contributed by atoms with Crippen LogP contribution in [0.25, 0.3) is 10.8 Å². The summed E-state index contributed by atoms with van der Waals surface area (Å²) < 4.78 is 13.7. The number of benzene rings is 2. The Morgan fingerprint density at radius 3 is 2.67 bits per heavy atom. The van der Waals surface area contributed by atoms with Crippen LogP contribution in [0.5, 0.6) is 0 Å². The summed E-state index contributed by atoms with van der Waals surface area (Å²) in [6.07, 6.45) is 2.04. The topological polar surface area (TPSA) is 17.1 Å². The van der Waals surface area contributed by atoms with Gasteiger partial charge in [-0.05, 0) is 36.1 Å². The van der Waals surface area contributed by atoms with Gasteiger partial charge >= 0.3 is 0 Å². The normalized spacial score (nSPS) is 19.3. The van der Waals surface area contributed by atoms with Gasteiger partial charge in [0.25, 0.3) is 0 Å². The van der Waals surface area contributed by atoms with E-state index in [-0.39, 0.29) is 16.9 Å². The van der Waals surface area contributed by atoms with Gasteiger partial charge in [-0.3, -0.25) is 4.79 Å². The highest BCUT2D eigenvalue weighted by molar-refractivity contribution is 8.00. The number of ketones is 1. The van der Waals surface area contributed by atoms with Crippen molar-refractivity contribution in [1.29, 1.82) is 0 Å². The fourth-order valence-electron chi connectivity index (χ4n) is 2.44. The number of thioether (sulfide) groups is 1. The van der Waals surface area contributed by atoms with E-state index in [2.05, 4.69) is 0 Å². The average Bonchev–Trinajstić information content (AvgIpc) is 2.93. The van der Waals surface area contributed by atoms with Crippen LogP contribution in [-0.2, 0) is 0 Å². The van der Waals surface area contributed by atoms with Gasteiger partial charge in [0.15, 0.2) is 5.78 Å². The molecule has 0 amide bonds. The average molecular weight is 260 g/mol. The number of fused-ring (bicyclic) bond motifs is 1. The number of halogens is 1. The minimum atomic E-state index is -0.263. The summed E-state index contributed by atoms with van der Waals surface area (Å²) in [5.74, 6) is 0.935. The Morgan fingerprint density at radius 1 is 1.17 bits per heavy atom. The zero-order chi connectivity index (χ0) is 12.5. The van der Waals surface area contributed by atoms with Crippen LogP contribution in [-0.4, -0.2) is 16.8 Å². The first-order valence-corrected chi connectivity index (χ1v) is 7.15. The smallest absolute Gasteiger partial charge is 0.176 e. The molecule has 0 saturated carbocycles. The van der Waals surface area contributed by atoms with E-state index < -0.39 is 0 Å². The highest BCUT2D eigenvalue weighted by atomic mass is 32.2. The summed E-state index contributed by atoms with van der Waals surface area (Å²) in [6, 6.07) is 10.2. The second-order valence-corrected chi connectivity index (χ2v) is 5.82. The predicted molar refractivity (Wildman–Crippen MR) is 73.7 cm³/mol. The molecule has 1 nitrogen and oxygen atoms in total. The van der Waals surface area contributed by atoms with Gasteiger partial charge in [0, 0.05) is 10.9 Å². The minimum Gasteiger partial charge on any atom is -0.293 e. The van der Waals surface area contributed by atoms with Crippen molar-refractivity contribution in [2.45, 2.75) is 18.1 Å². The Balaban J connectivity index is 2.11. The monoisotopic (exact) mass is 260 g/mol. The zero-order valence-electron chi connectivity index (χ0n) is 9.86. The van der Waals surface area contributed by atoms with Crippen LogP contribution in [0.2, 0.25) is 0 Å². The molecule has 2 aromatic carbocycles. The van der Waals surface area contributed by atoms with Crippen molar-refractivity contribution in [2.24, 2.45) is 0 Å². The minimum absolute atomic E-state index is 0.0545. The summed E-state index contributed by atoms with van der Waals surface area (Å²) in [5.41, 5.74) is 0.659. The predicted octanol–water partition coefficient (Wildman–Crippen LogP) is 4.06. The molecule has 18 heavy (non-hydrogen) atoms. The van der Waals surface area contributed by atoms with Gasteiger partial charge in [-0.1, -0.05) is 24.3 Å². The number of rotatable bonds is 2. The lowest BCUT2D eigenvalue weighted by atomic mass is 9.98. The highest BCUT2D eigenvalue weighted by Gasteiger charge is 2.25. The van der Waals surface area contributed by atoms with E-state index in [4.69, 9.17) is 0 Å². The molecule has 1 atom stereocenters. The van der Waals surface area contributed by atoms with E-state index in [9.17, 15) is 9.18 Å². The molecule has 3 rings (SSSR count). The van der Waals surface area contributed by atoms with Crippen molar-refractivity contribution in [1.82, 2.24) is 0 Å². The molecule has 92 valence electrons. The van der Waals surface area contributed by atoms with Crippen molar-refractivity contribution in [2.75, 3.05) is 5.75 Å². The Morgan fingerprint density at radius 2 is 1.94 bits per heavy atom. The quantitative estimate of drug-likeness (QED) is 0.757.